The molecule has 0 saturated heterocycles. The summed E-state index contributed by atoms with van der Waals surface area (Å²) >= 11 is 0. The second-order valence-corrected chi connectivity index (χ2v) is 9.34. The number of carbonyl (C=O) groups is 1. The lowest BCUT2D eigenvalue weighted by molar-refractivity contribution is -0.291. The number of nitrogens with one attached hydrogen (secondary N) is 1. The van der Waals surface area contributed by atoms with Crippen LogP contribution in [0.25, 0.3) is 5.82 Å². The van der Waals surface area contributed by atoms with Crippen LogP contribution in [0.1, 0.15) is 51.5 Å². The van der Waals surface area contributed by atoms with Crippen molar-refractivity contribution in [2.24, 2.45) is 7.05 Å². The van der Waals surface area contributed by atoms with E-state index in [0.717, 1.165) is 31.6 Å². The van der Waals surface area contributed by atoms with Crippen LogP contribution in [0, 0.1) is 23.7 Å². The van der Waals surface area contributed by atoms with Gasteiger partial charge in [-0.1, -0.05) is 12.0 Å². The third kappa shape index (κ3) is 5.81. The number of hydrogen-bond donors (Lipinski definition) is 1. The number of carbonyl (C=O) groups excluding carboxylic acids is 1. The molecule has 1 aliphatic carbocycles. The number of alkyl halides is 10. The summed E-state index contributed by atoms with van der Waals surface area (Å²) in [6.45, 7) is -3.85. The molecule has 1 aromatic carbocycles. The molecule has 43 heavy (non-hydrogen) atoms. The van der Waals surface area contributed by atoms with Gasteiger partial charge in [0, 0.05) is 18.8 Å². The lowest BCUT2D eigenvalue weighted by atomic mass is 9.91. The monoisotopic (exact) mass is 622 g/mol. The lowest BCUT2D eigenvalue weighted by Crippen LogP contribution is -2.36. The van der Waals surface area contributed by atoms with Crippen molar-refractivity contribution in [2.75, 3.05) is 0 Å². The largest absolute Gasteiger partial charge is 0.459 e. The van der Waals surface area contributed by atoms with Gasteiger partial charge in [0.25, 0.3) is 5.91 Å². The van der Waals surface area contributed by atoms with Crippen LogP contribution in [0.5, 0.6) is 5.75 Å². The molecule has 2 heterocycles. The number of rotatable bonds is 8. The van der Waals surface area contributed by atoms with Gasteiger partial charge in [0.15, 0.2) is 17.3 Å². The predicted octanol–water partition coefficient (Wildman–Crippen LogP) is 5.43. The molecule has 1 saturated carbocycles. The number of halogens is 10. The van der Waals surface area contributed by atoms with Crippen molar-refractivity contribution in [3.8, 4) is 30.0 Å². The van der Waals surface area contributed by atoms with Crippen molar-refractivity contribution < 1.29 is 53.4 Å². The van der Waals surface area contributed by atoms with Gasteiger partial charge in [-0.05, 0) is 30.5 Å². The fourth-order valence-corrected chi connectivity index (χ4v) is 4.12. The van der Waals surface area contributed by atoms with Gasteiger partial charge in [0.05, 0.1) is 29.3 Å². The molecule has 1 N–H and O–H groups in total. The van der Waals surface area contributed by atoms with E-state index >= 15 is 0 Å². The van der Waals surface area contributed by atoms with Crippen LogP contribution in [0.4, 0.5) is 43.9 Å². The molecule has 4 rings (SSSR count). The van der Waals surface area contributed by atoms with E-state index in [2.05, 4.69) is 26.2 Å². The van der Waals surface area contributed by atoms with E-state index in [4.69, 9.17) is 6.42 Å². The summed E-state index contributed by atoms with van der Waals surface area (Å²) in [6, 6.07) is 4.15. The van der Waals surface area contributed by atoms with Gasteiger partial charge in [0.2, 0.25) is 0 Å². The molecule has 18 heteroatoms. The van der Waals surface area contributed by atoms with Crippen molar-refractivity contribution in [1.82, 2.24) is 24.9 Å². The molecular formula is C25H16F10N6O2. The molecule has 0 aliphatic heterocycles. The maximum absolute atomic E-state index is 14.1. The number of nitrogens with zero attached hydrogens (tertiary/aromatic N) is 5. The van der Waals surface area contributed by atoms with Crippen molar-refractivity contribution in [2.45, 2.75) is 49.2 Å². The zero-order chi connectivity index (χ0) is 32.1. The minimum absolute atomic E-state index is 0.0716. The molecule has 3 aromatic rings. The maximum atomic E-state index is 14.1. The second-order valence-electron chi connectivity index (χ2n) is 9.34. The minimum atomic E-state index is -6.23. The minimum Gasteiger partial charge on any atom is -0.428 e. The Morgan fingerprint density at radius 1 is 1.14 bits per heavy atom. The van der Waals surface area contributed by atoms with Crippen LogP contribution < -0.4 is 10.1 Å². The molecule has 0 bridgehead atoms. The van der Waals surface area contributed by atoms with Crippen LogP contribution in [-0.2, 0) is 19.1 Å². The topological polar surface area (TPSA) is 97.8 Å². The molecule has 0 spiro atoms. The molecule has 1 atom stereocenters. The normalized spacial score (nSPS) is 15.5. The van der Waals surface area contributed by atoms with E-state index in [0.29, 0.717) is 15.4 Å². The zero-order valence-electron chi connectivity index (χ0n) is 21.4. The molecule has 228 valence electrons. The third-order valence-corrected chi connectivity index (χ3v) is 6.40. The number of benzene rings is 1. The van der Waals surface area contributed by atoms with Crippen molar-refractivity contribution in [3.63, 3.8) is 0 Å². The first kappa shape index (κ1) is 31.2. The van der Waals surface area contributed by atoms with Gasteiger partial charge >= 0.3 is 24.9 Å². The van der Waals surface area contributed by atoms with Crippen LogP contribution in [-0.4, -0.2) is 43.8 Å². The number of hydrogen-bond acceptors (Lipinski definition) is 5. The van der Waals surface area contributed by atoms with Gasteiger partial charge in [0.1, 0.15) is 5.54 Å². The van der Waals surface area contributed by atoms with Gasteiger partial charge in [-0.2, -0.15) is 59.4 Å². The quantitative estimate of drug-likeness (QED) is 0.267. The van der Waals surface area contributed by atoms with Crippen LogP contribution in [0.3, 0.4) is 0 Å². The van der Waals surface area contributed by atoms with Gasteiger partial charge in [-0.15, -0.1) is 6.42 Å². The Hall–Kier alpha value is -4.74. The summed E-state index contributed by atoms with van der Waals surface area (Å²) in [7, 11) is 0.845. The molecule has 1 aliphatic rings. The Morgan fingerprint density at radius 2 is 1.79 bits per heavy atom. The average Bonchev–Trinajstić information content (AvgIpc) is 3.37. The highest BCUT2D eigenvalue weighted by Crippen LogP contribution is 2.48. The number of terminal acetylenes is 1. The summed E-state index contributed by atoms with van der Waals surface area (Å²) in [5.74, 6) is -8.51. The molecular weight excluding hydrogens is 606 g/mol. The van der Waals surface area contributed by atoms with E-state index in [1.165, 1.54) is 0 Å². The Kier molecular flexibility index (Phi) is 7.63. The van der Waals surface area contributed by atoms with Gasteiger partial charge in [-0.25, -0.2) is 9.36 Å². The van der Waals surface area contributed by atoms with E-state index < -0.39 is 70.6 Å². The summed E-state index contributed by atoms with van der Waals surface area (Å²) in [6.07, 6.45) is -3.32. The van der Waals surface area contributed by atoms with Crippen LogP contribution in [0.15, 0.2) is 30.6 Å². The van der Waals surface area contributed by atoms with E-state index in [9.17, 15) is 54.0 Å². The Bertz CT molecular complexity index is 1640. The number of amides is 1. The number of ether oxygens (including phenoxy) is 1. The van der Waals surface area contributed by atoms with E-state index in [1.54, 1.807) is 0 Å². The van der Waals surface area contributed by atoms with Gasteiger partial charge in [-0.3, -0.25) is 4.79 Å². The number of aromatic nitrogens is 4. The Labute approximate surface area is 234 Å². The Balaban J connectivity index is 1.78. The summed E-state index contributed by atoms with van der Waals surface area (Å²) in [5.41, 5.74) is -5.84. The zero-order valence-corrected chi connectivity index (χ0v) is 21.4. The van der Waals surface area contributed by atoms with Crippen LogP contribution >= 0.6 is 0 Å². The molecule has 0 radical (unpaired) electrons. The number of nitriles is 1. The second kappa shape index (κ2) is 10.5. The number of aryl methyl sites for hydroxylation is 1. The summed E-state index contributed by atoms with van der Waals surface area (Å²) in [5, 5.41) is 18.2. The fourth-order valence-electron chi connectivity index (χ4n) is 4.12. The average molecular weight is 622 g/mol. The first-order valence-electron chi connectivity index (χ1n) is 11.8. The van der Waals surface area contributed by atoms with Crippen LogP contribution in [0.2, 0.25) is 0 Å². The standard InChI is InChI=1S/C25H16F10N6O2/c1-3-14(12-4-5-16(24(30,31)32)15(8-12)19(42)38-22(11-36)6-7-22)13-9-37-41(10-13)20-17(43-21(26)27)18(39-40(20)2)23(28,29)25(33,34)35/h1,4-5,8-10,14,21H,6-7H2,2H3,(H,38,42). The SMILES string of the molecule is C#CC(c1ccc(C(F)(F)F)c(C(=O)NC2(C#N)CC2)c1)c1cnn(-c2c(OC(F)F)c(C(F)(F)C(F)(F)F)nn2C)c1. The lowest BCUT2D eigenvalue weighted by Gasteiger charge is -2.18. The molecule has 1 fully saturated rings. The summed E-state index contributed by atoms with van der Waals surface area (Å²) < 4.78 is 140. The molecule has 8 nitrogen and oxygen atoms in total. The molecule has 2 aromatic heterocycles. The highest BCUT2D eigenvalue weighted by atomic mass is 19.4. The smallest absolute Gasteiger partial charge is 0.428 e. The van der Waals surface area contributed by atoms with E-state index in [1.807, 2.05) is 6.07 Å². The van der Waals surface area contributed by atoms with E-state index in [-0.39, 0.29) is 24.0 Å². The fraction of sp³-hybridized carbons (Fsp3) is 0.360. The van der Waals surface area contributed by atoms with Gasteiger partial charge < -0.3 is 10.1 Å². The highest BCUT2D eigenvalue weighted by Gasteiger charge is 2.62. The summed E-state index contributed by atoms with van der Waals surface area (Å²) in [4.78, 5) is 12.8. The highest BCUT2D eigenvalue weighted by molar-refractivity contribution is 5.97. The predicted molar refractivity (Wildman–Crippen MR) is 124 cm³/mol. The molecule has 1 amide bonds. The third-order valence-electron chi connectivity index (χ3n) is 6.40. The maximum Gasteiger partial charge on any atom is 0.459 e. The van der Waals surface area contributed by atoms with Crippen molar-refractivity contribution in [3.05, 3.63) is 58.5 Å². The molecule has 1 unspecified atom stereocenters. The Morgan fingerprint density at radius 3 is 2.30 bits per heavy atom. The first-order valence-corrected chi connectivity index (χ1v) is 11.8. The first-order chi connectivity index (χ1) is 19.8. The van der Waals surface area contributed by atoms with Crippen molar-refractivity contribution in [1.29, 1.82) is 5.26 Å². The van der Waals surface area contributed by atoms with Crippen molar-refractivity contribution >= 4 is 5.91 Å².